The average molecular weight is 828 g/mol. The number of fused-ring (bicyclic) bond motifs is 1. The lowest BCUT2D eigenvalue weighted by atomic mass is 9.93. The number of hydrogen-bond acceptors (Lipinski definition) is 8. The number of hydrogen-bond donors (Lipinski definition) is 0. The molecule has 13 heteroatoms. The van der Waals surface area contributed by atoms with Crippen molar-refractivity contribution < 1.29 is 23.7 Å². The number of esters is 1. The topological polar surface area (TPSA) is 88.4 Å². The Morgan fingerprint density at radius 3 is 2.43 bits per heavy atom. The van der Waals surface area contributed by atoms with Crippen LogP contribution in [0.3, 0.4) is 0 Å². The third-order valence-corrected chi connectivity index (χ3v) is 9.92. The largest absolute Gasteiger partial charge is 0.496 e. The van der Waals surface area contributed by atoms with Gasteiger partial charge in [-0.25, -0.2) is 9.79 Å². The van der Waals surface area contributed by atoms with Crippen LogP contribution in [-0.4, -0.2) is 31.4 Å². The minimum absolute atomic E-state index is 0.165. The predicted octanol–water partition coefficient (Wildman–Crippen LogP) is 7.74. The van der Waals surface area contributed by atoms with E-state index in [2.05, 4.69) is 22.6 Å². The molecular formula is C34H30Cl3IN2O6S. The van der Waals surface area contributed by atoms with Crippen molar-refractivity contribution in [2.75, 3.05) is 20.8 Å². The molecule has 0 unspecified atom stereocenters. The Morgan fingerprint density at radius 1 is 1.02 bits per heavy atom. The van der Waals surface area contributed by atoms with Gasteiger partial charge in [0.05, 0.1) is 40.2 Å². The molecule has 0 spiro atoms. The summed E-state index contributed by atoms with van der Waals surface area (Å²) in [7, 11) is 3.08. The fourth-order valence-corrected chi connectivity index (χ4v) is 7.68. The number of thiazole rings is 1. The first-order valence-corrected chi connectivity index (χ1v) is 17.6. The number of aromatic nitrogens is 1. The van der Waals surface area contributed by atoms with Crippen LogP contribution in [0.2, 0.25) is 15.1 Å². The fraction of sp³-hybridized carbons (Fsp3) is 0.265. The van der Waals surface area contributed by atoms with Crippen LogP contribution < -0.4 is 29.1 Å². The van der Waals surface area contributed by atoms with E-state index in [9.17, 15) is 9.59 Å². The molecule has 0 fully saturated rings. The highest BCUT2D eigenvalue weighted by Crippen LogP contribution is 2.39. The number of ether oxygens (including phenoxy) is 4. The number of methoxy groups -OCH3 is 2. The molecule has 3 aromatic carbocycles. The summed E-state index contributed by atoms with van der Waals surface area (Å²) in [5.41, 5.74) is 2.55. The zero-order valence-electron chi connectivity index (χ0n) is 25.9. The molecule has 47 heavy (non-hydrogen) atoms. The molecule has 0 bridgehead atoms. The summed E-state index contributed by atoms with van der Waals surface area (Å²) in [6.07, 6.45) is 3.01. The van der Waals surface area contributed by atoms with Gasteiger partial charge in [-0.05, 0) is 90.0 Å². The molecule has 8 nitrogen and oxygen atoms in total. The fourth-order valence-electron chi connectivity index (χ4n) is 5.24. The Kier molecular flexibility index (Phi) is 11.6. The smallest absolute Gasteiger partial charge is 0.338 e. The van der Waals surface area contributed by atoms with Crippen molar-refractivity contribution >= 4 is 80.8 Å². The molecule has 1 aromatic heterocycles. The van der Waals surface area contributed by atoms with E-state index in [1.165, 1.54) is 23.0 Å². The molecule has 1 atom stereocenters. The van der Waals surface area contributed by atoms with E-state index in [-0.39, 0.29) is 24.3 Å². The maximum absolute atomic E-state index is 14.3. The van der Waals surface area contributed by atoms with E-state index in [1.54, 1.807) is 56.5 Å². The average Bonchev–Trinajstić information content (AvgIpc) is 3.34. The first kappa shape index (κ1) is 35.3. The van der Waals surface area contributed by atoms with Gasteiger partial charge in [-0.2, -0.15) is 0 Å². The summed E-state index contributed by atoms with van der Waals surface area (Å²) in [6, 6.07) is 13.2. The van der Waals surface area contributed by atoms with Gasteiger partial charge in [0.25, 0.3) is 5.56 Å². The maximum Gasteiger partial charge on any atom is 0.338 e. The number of nitrogens with zero attached hydrogens (tertiary/aromatic N) is 2. The number of benzene rings is 3. The second-order valence-corrected chi connectivity index (χ2v) is 13.8. The molecule has 5 rings (SSSR count). The lowest BCUT2D eigenvalue weighted by molar-refractivity contribution is -0.139. The van der Waals surface area contributed by atoms with Crippen molar-refractivity contribution in [1.29, 1.82) is 0 Å². The van der Waals surface area contributed by atoms with Gasteiger partial charge < -0.3 is 18.9 Å². The number of carbonyl (C=O) groups excluding carboxylic acids is 1. The monoisotopic (exact) mass is 826 g/mol. The minimum Gasteiger partial charge on any atom is -0.496 e. The van der Waals surface area contributed by atoms with Gasteiger partial charge in [0, 0.05) is 26.2 Å². The van der Waals surface area contributed by atoms with Gasteiger partial charge in [-0.1, -0.05) is 65.6 Å². The van der Waals surface area contributed by atoms with Crippen LogP contribution in [-0.2, 0) is 16.1 Å². The maximum atomic E-state index is 14.3. The number of carbonyl (C=O) groups is 1. The Bertz CT molecular complexity index is 2060. The number of allylic oxidation sites excluding steroid dienone is 1. The van der Waals surface area contributed by atoms with E-state index >= 15 is 0 Å². The number of halogens is 4. The lowest BCUT2D eigenvalue weighted by Crippen LogP contribution is -2.40. The van der Waals surface area contributed by atoms with E-state index in [4.69, 9.17) is 58.7 Å². The Hall–Kier alpha value is -3.03. The molecule has 0 saturated carbocycles. The van der Waals surface area contributed by atoms with Crippen molar-refractivity contribution in [2.24, 2.45) is 4.99 Å². The molecule has 1 aliphatic rings. The summed E-state index contributed by atoms with van der Waals surface area (Å²) in [6.45, 7) is 4.11. The molecular weight excluding hydrogens is 798 g/mol. The molecule has 0 radical (unpaired) electrons. The molecule has 0 aliphatic carbocycles. The minimum atomic E-state index is -0.868. The molecule has 0 saturated heterocycles. The summed E-state index contributed by atoms with van der Waals surface area (Å²) < 4.78 is 25.7. The van der Waals surface area contributed by atoms with E-state index in [0.717, 1.165) is 15.6 Å². The van der Waals surface area contributed by atoms with Crippen LogP contribution >= 0.6 is 68.7 Å². The van der Waals surface area contributed by atoms with Gasteiger partial charge in [0.15, 0.2) is 16.3 Å². The highest BCUT2D eigenvalue weighted by atomic mass is 127. The third kappa shape index (κ3) is 7.51. The summed E-state index contributed by atoms with van der Waals surface area (Å²) >= 11 is 22.2. The first-order valence-electron chi connectivity index (χ1n) is 14.6. The highest BCUT2D eigenvalue weighted by molar-refractivity contribution is 14.1. The summed E-state index contributed by atoms with van der Waals surface area (Å²) in [5.74, 6) is 0.950. The van der Waals surface area contributed by atoms with Gasteiger partial charge in [-0.3, -0.25) is 9.36 Å². The molecule has 246 valence electrons. The second-order valence-electron chi connectivity index (χ2n) is 10.4. The zero-order valence-corrected chi connectivity index (χ0v) is 31.1. The lowest BCUT2D eigenvalue weighted by Gasteiger charge is -2.27. The van der Waals surface area contributed by atoms with Gasteiger partial charge in [-0.15, -0.1) is 0 Å². The van der Waals surface area contributed by atoms with Crippen LogP contribution in [0.15, 0.2) is 69.6 Å². The first-order chi connectivity index (χ1) is 22.6. The Labute approximate surface area is 304 Å². The van der Waals surface area contributed by atoms with E-state index < -0.39 is 12.0 Å². The van der Waals surface area contributed by atoms with Gasteiger partial charge in [0.1, 0.15) is 18.4 Å². The number of rotatable bonds is 11. The molecule has 0 N–H and O–H groups in total. The molecule has 0 amide bonds. The van der Waals surface area contributed by atoms with Crippen molar-refractivity contribution in [2.45, 2.75) is 39.3 Å². The quantitative estimate of drug-likeness (QED) is 0.114. The normalized spacial score (nSPS) is 14.5. The van der Waals surface area contributed by atoms with Gasteiger partial charge in [0.2, 0.25) is 0 Å². The van der Waals surface area contributed by atoms with Crippen molar-refractivity contribution in [3.8, 4) is 17.2 Å². The van der Waals surface area contributed by atoms with Crippen molar-refractivity contribution in [3.63, 3.8) is 0 Å². The SMILES string of the molecule is CCCC1=C(C(=O)OCC)[C@H](c2cc(Cl)ccc2OC)n2c(s/c(=C/c3cc(I)c(OCc4ccc(Cl)cc4Cl)c(OC)c3)c2=O)=N1. The molecule has 2 heterocycles. The van der Waals surface area contributed by atoms with Gasteiger partial charge >= 0.3 is 5.97 Å². The van der Waals surface area contributed by atoms with Crippen molar-refractivity contribution in [3.05, 3.63) is 115 Å². The predicted molar refractivity (Wildman–Crippen MR) is 194 cm³/mol. The van der Waals surface area contributed by atoms with Crippen LogP contribution in [0.5, 0.6) is 17.2 Å². The van der Waals surface area contributed by atoms with E-state index in [1.807, 2.05) is 19.1 Å². The van der Waals surface area contributed by atoms with Crippen LogP contribution in [0.4, 0.5) is 0 Å². The summed E-state index contributed by atoms with van der Waals surface area (Å²) in [5, 5.41) is 1.47. The molecule has 4 aromatic rings. The third-order valence-electron chi connectivity index (χ3n) is 7.32. The second kappa shape index (κ2) is 15.5. The summed E-state index contributed by atoms with van der Waals surface area (Å²) in [4.78, 5) is 33.0. The Morgan fingerprint density at radius 2 is 1.74 bits per heavy atom. The zero-order chi connectivity index (χ0) is 33.8. The van der Waals surface area contributed by atoms with Crippen molar-refractivity contribution in [1.82, 2.24) is 4.57 Å². The highest BCUT2D eigenvalue weighted by Gasteiger charge is 2.36. The van der Waals surface area contributed by atoms with Crippen LogP contribution in [0.25, 0.3) is 6.08 Å². The van der Waals surface area contributed by atoms with Crippen LogP contribution in [0.1, 0.15) is 49.4 Å². The standard InChI is InChI=1S/C34H30Cl3IN2O6S/c1-5-7-25-29(33(42)45-6-2)30(22-15-20(35)10-11-26(22)43-3)40-32(41)28(47-34(40)39-25)14-18-12-24(38)31(27(13-18)44-4)46-17-19-8-9-21(36)16-23(19)37/h8-16,30H,5-7,17H2,1-4H3/b28-14+/t30-/m0/s1. The van der Waals surface area contributed by atoms with Crippen LogP contribution in [0, 0.1) is 3.57 Å². The van der Waals surface area contributed by atoms with E-state index in [0.29, 0.717) is 64.9 Å². The Balaban J connectivity index is 1.64. The molecule has 1 aliphatic heterocycles.